The van der Waals surface area contributed by atoms with Gasteiger partial charge in [0.1, 0.15) is 0 Å². The lowest BCUT2D eigenvalue weighted by molar-refractivity contribution is -0.119. The third kappa shape index (κ3) is 3.95. The van der Waals surface area contributed by atoms with Crippen LogP contribution < -0.4 is 4.90 Å². The maximum Gasteiger partial charge on any atom is 0.243 e. The summed E-state index contributed by atoms with van der Waals surface area (Å²) in [7, 11) is -3.50. The minimum absolute atomic E-state index is 0.0837. The molecule has 2 aromatic carbocycles. The fraction of sp³-hybridized carbons (Fsp3) is 0.409. The van der Waals surface area contributed by atoms with Gasteiger partial charge in [-0.25, -0.2) is 8.42 Å². The number of fused-ring (bicyclic) bond motifs is 1. The number of para-hydroxylation sites is 1. The molecule has 154 valence electrons. The van der Waals surface area contributed by atoms with E-state index in [1.54, 1.807) is 12.1 Å². The molecule has 0 radical (unpaired) electrons. The van der Waals surface area contributed by atoms with Crippen LogP contribution in [0, 0.1) is 13.8 Å². The molecule has 0 saturated carbocycles. The van der Waals surface area contributed by atoms with Gasteiger partial charge in [-0.2, -0.15) is 4.31 Å². The molecule has 1 saturated heterocycles. The number of hydrogen-bond acceptors (Lipinski definition) is 4. The smallest absolute Gasteiger partial charge is 0.243 e. The first-order chi connectivity index (χ1) is 13.9. The SMILES string of the molecule is Cc1ccc(S(=O)(=O)N2CCN(CC(=O)N3CCc4ccccc43)CC2)cc1C. The molecular weight excluding hydrogens is 386 g/mol. The number of anilines is 1. The van der Waals surface area contributed by atoms with Gasteiger partial charge < -0.3 is 4.90 Å². The Labute approximate surface area is 172 Å². The van der Waals surface area contributed by atoms with Crippen LogP contribution in [0.25, 0.3) is 0 Å². The number of piperazine rings is 1. The number of sulfonamides is 1. The average molecular weight is 414 g/mol. The highest BCUT2D eigenvalue weighted by Gasteiger charge is 2.31. The number of aryl methyl sites for hydroxylation is 2. The molecule has 2 aromatic rings. The van der Waals surface area contributed by atoms with E-state index in [1.807, 2.05) is 43.0 Å². The Morgan fingerprint density at radius 1 is 0.931 bits per heavy atom. The number of nitrogens with zero attached hydrogens (tertiary/aromatic N) is 3. The summed E-state index contributed by atoms with van der Waals surface area (Å²) >= 11 is 0. The zero-order valence-electron chi connectivity index (χ0n) is 17.0. The molecule has 0 aliphatic carbocycles. The van der Waals surface area contributed by atoms with Crippen molar-refractivity contribution in [2.24, 2.45) is 0 Å². The Kier molecular flexibility index (Phi) is 5.46. The third-order valence-electron chi connectivity index (χ3n) is 5.99. The topological polar surface area (TPSA) is 60.9 Å². The fourth-order valence-corrected chi connectivity index (χ4v) is 5.53. The summed E-state index contributed by atoms with van der Waals surface area (Å²) in [5.74, 6) is 0.0837. The second kappa shape index (κ2) is 7.89. The Morgan fingerprint density at radius 3 is 2.38 bits per heavy atom. The van der Waals surface area contributed by atoms with Gasteiger partial charge in [-0.15, -0.1) is 0 Å². The minimum Gasteiger partial charge on any atom is -0.311 e. The van der Waals surface area contributed by atoms with Gasteiger partial charge in [-0.05, 0) is 55.2 Å². The van der Waals surface area contributed by atoms with E-state index < -0.39 is 10.0 Å². The van der Waals surface area contributed by atoms with Crippen LogP contribution in [0.1, 0.15) is 16.7 Å². The van der Waals surface area contributed by atoms with Crippen molar-refractivity contribution in [1.82, 2.24) is 9.21 Å². The van der Waals surface area contributed by atoms with Crippen molar-refractivity contribution in [3.05, 3.63) is 59.2 Å². The predicted molar refractivity (Wildman–Crippen MR) is 114 cm³/mol. The second-order valence-electron chi connectivity index (χ2n) is 7.85. The third-order valence-corrected chi connectivity index (χ3v) is 7.89. The minimum atomic E-state index is -3.50. The predicted octanol–water partition coefficient (Wildman–Crippen LogP) is 2.20. The van der Waals surface area contributed by atoms with Crippen molar-refractivity contribution in [3.8, 4) is 0 Å². The van der Waals surface area contributed by atoms with Gasteiger partial charge in [0.2, 0.25) is 15.9 Å². The van der Waals surface area contributed by atoms with Gasteiger partial charge in [0.05, 0.1) is 11.4 Å². The van der Waals surface area contributed by atoms with Gasteiger partial charge in [0.15, 0.2) is 0 Å². The number of carbonyl (C=O) groups excluding carboxylic acids is 1. The van der Waals surface area contributed by atoms with E-state index in [9.17, 15) is 13.2 Å². The number of amides is 1. The first kappa shape index (κ1) is 20.1. The maximum atomic E-state index is 13.0. The molecule has 0 N–H and O–H groups in total. The largest absolute Gasteiger partial charge is 0.311 e. The summed E-state index contributed by atoms with van der Waals surface area (Å²) < 4.78 is 27.4. The molecule has 1 amide bonds. The van der Waals surface area contributed by atoms with Crippen molar-refractivity contribution in [2.45, 2.75) is 25.2 Å². The molecule has 7 heteroatoms. The lowest BCUT2D eigenvalue weighted by atomic mass is 10.1. The molecule has 6 nitrogen and oxygen atoms in total. The molecule has 1 fully saturated rings. The van der Waals surface area contributed by atoms with Gasteiger partial charge in [0, 0.05) is 38.4 Å². The van der Waals surface area contributed by atoms with Crippen LogP contribution in [-0.2, 0) is 21.2 Å². The molecule has 29 heavy (non-hydrogen) atoms. The summed E-state index contributed by atoms with van der Waals surface area (Å²) in [6.45, 7) is 6.87. The van der Waals surface area contributed by atoms with E-state index in [0.29, 0.717) is 37.6 Å². The summed E-state index contributed by atoms with van der Waals surface area (Å²) in [5.41, 5.74) is 4.27. The Morgan fingerprint density at radius 2 is 1.66 bits per heavy atom. The number of hydrogen-bond donors (Lipinski definition) is 0. The van der Waals surface area contributed by atoms with Gasteiger partial charge in [-0.3, -0.25) is 9.69 Å². The second-order valence-corrected chi connectivity index (χ2v) is 9.79. The quantitative estimate of drug-likeness (QED) is 0.771. The van der Waals surface area contributed by atoms with E-state index in [1.165, 1.54) is 9.87 Å². The Bertz CT molecular complexity index is 1030. The van der Waals surface area contributed by atoms with Crippen LogP contribution in [0.3, 0.4) is 0 Å². The summed E-state index contributed by atoms with van der Waals surface area (Å²) in [6, 6.07) is 13.3. The monoisotopic (exact) mass is 413 g/mol. The van der Waals surface area contributed by atoms with Gasteiger partial charge in [0.25, 0.3) is 0 Å². The molecule has 0 aromatic heterocycles. The van der Waals surface area contributed by atoms with Crippen molar-refractivity contribution in [3.63, 3.8) is 0 Å². The number of benzene rings is 2. The standard InChI is InChI=1S/C22H27N3O3S/c1-17-7-8-20(15-18(17)2)29(27,28)24-13-11-23(12-14-24)16-22(26)25-10-9-19-5-3-4-6-21(19)25/h3-8,15H,9-14,16H2,1-2H3. The lowest BCUT2D eigenvalue weighted by Crippen LogP contribution is -2.51. The van der Waals surface area contributed by atoms with Crippen molar-refractivity contribution < 1.29 is 13.2 Å². The van der Waals surface area contributed by atoms with E-state index in [4.69, 9.17) is 0 Å². The number of carbonyl (C=O) groups is 1. The van der Waals surface area contributed by atoms with Crippen LogP contribution in [0.2, 0.25) is 0 Å². The molecule has 0 atom stereocenters. The molecule has 0 spiro atoms. The van der Waals surface area contributed by atoms with E-state index in [0.717, 1.165) is 29.8 Å². The Balaban J connectivity index is 1.37. The van der Waals surface area contributed by atoms with Crippen LogP contribution in [0.15, 0.2) is 47.4 Å². The molecule has 0 unspecified atom stereocenters. The molecular formula is C22H27N3O3S. The summed E-state index contributed by atoms with van der Waals surface area (Å²) in [5, 5.41) is 0. The van der Waals surface area contributed by atoms with E-state index in [2.05, 4.69) is 11.0 Å². The van der Waals surface area contributed by atoms with Crippen LogP contribution in [0.4, 0.5) is 5.69 Å². The summed E-state index contributed by atoms with van der Waals surface area (Å²) in [4.78, 5) is 17.1. The van der Waals surface area contributed by atoms with Crippen LogP contribution >= 0.6 is 0 Å². The lowest BCUT2D eigenvalue weighted by Gasteiger charge is -2.34. The molecule has 0 bridgehead atoms. The normalized spacial score (nSPS) is 18.1. The molecule has 2 aliphatic heterocycles. The molecule has 2 aliphatic rings. The average Bonchev–Trinajstić information content (AvgIpc) is 3.15. The van der Waals surface area contributed by atoms with Crippen molar-refractivity contribution in [1.29, 1.82) is 0 Å². The van der Waals surface area contributed by atoms with E-state index in [-0.39, 0.29) is 5.91 Å². The zero-order valence-corrected chi connectivity index (χ0v) is 17.8. The van der Waals surface area contributed by atoms with Crippen LogP contribution in [-0.4, -0.2) is 62.8 Å². The van der Waals surface area contributed by atoms with Crippen molar-refractivity contribution in [2.75, 3.05) is 44.2 Å². The zero-order chi connectivity index (χ0) is 20.6. The maximum absolute atomic E-state index is 13.0. The van der Waals surface area contributed by atoms with Crippen LogP contribution in [0.5, 0.6) is 0 Å². The first-order valence-corrected chi connectivity index (χ1v) is 11.5. The van der Waals surface area contributed by atoms with Crippen molar-refractivity contribution >= 4 is 21.6 Å². The fourth-order valence-electron chi connectivity index (χ4n) is 4.03. The van der Waals surface area contributed by atoms with Gasteiger partial charge in [-0.1, -0.05) is 24.3 Å². The highest BCUT2D eigenvalue weighted by Crippen LogP contribution is 2.27. The Hall–Kier alpha value is -2.22. The molecule has 4 rings (SSSR count). The van der Waals surface area contributed by atoms with E-state index >= 15 is 0 Å². The highest BCUT2D eigenvalue weighted by atomic mass is 32.2. The number of rotatable bonds is 4. The highest BCUT2D eigenvalue weighted by molar-refractivity contribution is 7.89. The first-order valence-electron chi connectivity index (χ1n) is 10.0. The summed E-state index contributed by atoms with van der Waals surface area (Å²) in [6.07, 6.45) is 0.893. The molecule has 2 heterocycles. The van der Waals surface area contributed by atoms with Gasteiger partial charge >= 0.3 is 0 Å².